The molecule has 0 radical (unpaired) electrons. The van der Waals surface area contributed by atoms with Crippen LogP contribution < -0.4 is 21.3 Å². The highest BCUT2D eigenvalue weighted by Crippen LogP contribution is 2.34. The smallest absolute Gasteiger partial charge is 0.355 e. The number of amides is 2. The van der Waals surface area contributed by atoms with Crippen LogP contribution in [-0.2, 0) is 11.0 Å². The monoisotopic (exact) mass is 496 g/mol. The van der Waals surface area contributed by atoms with Crippen molar-refractivity contribution in [1.82, 2.24) is 4.98 Å². The molecule has 1 atom stereocenters. The number of alkyl halides is 3. The second-order valence-electron chi connectivity index (χ2n) is 8.67. The lowest BCUT2D eigenvalue weighted by Crippen LogP contribution is -2.41. The van der Waals surface area contributed by atoms with Crippen molar-refractivity contribution >= 4 is 34.4 Å². The van der Waals surface area contributed by atoms with E-state index in [0.717, 1.165) is 54.3 Å². The molecule has 2 heterocycles. The molecule has 1 aromatic heterocycles. The molecule has 2 N–H and O–H groups in total. The maximum Gasteiger partial charge on any atom is 0.417 e. The summed E-state index contributed by atoms with van der Waals surface area (Å²) in [7, 11) is 0. The lowest BCUT2D eigenvalue weighted by Gasteiger charge is -2.25. The van der Waals surface area contributed by atoms with Crippen molar-refractivity contribution in [3.05, 3.63) is 82.4 Å². The Balaban J connectivity index is 1.39. The van der Waals surface area contributed by atoms with E-state index in [-0.39, 0.29) is 17.5 Å². The fraction of sp³-hybridized carbons (Fsp3) is 0.231. The van der Waals surface area contributed by atoms with E-state index >= 15 is 0 Å². The summed E-state index contributed by atoms with van der Waals surface area (Å²) in [6, 6.07) is 10.1. The average molecular weight is 496 g/mol. The van der Waals surface area contributed by atoms with Crippen LogP contribution in [0.4, 0.5) is 34.6 Å². The molecular weight excluding hydrogens is 476 g/mol. The second-order valence-corrected chi connectivity index (χ2v) is 8.67. The van der Waals surface area contributed by atoms with Crippen molar-refractivity contribution in [2.75, 3.05) is 10.6 Å². The maximum absolute atomic E-state index is 13.3. The Kier molecular flexibility index (Phi) is 6.03. The number of carbonyl (C=O) groups is 2. The minimum Gasteiger partial charge on any atom is -0.355 e. The first-order valence-corrected chi connectivity index (χ1v) is 11.4. The Morgan fingerprint density at radius 2 is 1.75 bits per heavy atom. The summed E-state index contributed by atoms with van der Waals surface area (Å²) in [5.74, 6) is -2.46. The second kappa shape index (κ2) is 9.18. The number of halogens is 4. The van der Waals surface area contributed by atoms with E-state index < -0.39 is 29.0 Å². The summed E-state index contributed by atoms with van der Waals surface area (Å²) >= 11 is 0. The average Bonchev–Trinajstić information content (AvgIpc) is 2.85. The number of benzene rings is 2. The number of pyridine rings is 1. The summed E-state index contributed by atoms with van der Waals surface area (Å²) < 4.78 is 53.1. The molecule has 0 spiro atoms. The van der Waals surface area contributed by atoms with E-state index in [1.165, 1.54) is 12.1 Å². The Labute approximate surface area is 202 Å². The molecule has 3 aromatic rings. The number of anilines is 3. The van der Waals surface area contributed by atoms with E-state index in [2.05, 4.69) is 20.6 Å². The van der Waals surface area contributed by atoms with Crippen LogP contribution in [0, 0.1) is 11.7 Å². The Morgan fingerprint density at radius 1 is 1.00 bits per heavy atom. The first-order chi connectivity index (χ1) is 17.2. The van der Waals surface area contributed by atoms with Gasteiger partial charge in [0.1, 0.15) is 5.82 Å². The number of carbonyl (C=O) groups excluding carboxylic acids is 2. The first-order valence-electron chi connectivity index (χ1n) is 11.4. The summed E-state index contributed by atoms with van der Waals surface area (Å²) in [6.45, 7) is 0. The molecular formula is C26H20F4N4O2. The van der Waals surface area contributed by atoms with Gasteiger partial charge in [-0.2, -0.15) is 18.2 Å². The third-order valence-corrected chi connectivity index (χ3v) is 6.33. The molecule has 2 aromatic carbocycles. The first kappa shape index (κ1) is 23.7. The molecule has 2 aliphatic rings. The normalized spacial score (nSPS) is 17.1. The highest BCUT2D eigenvalue weighted by atomic mass is 19.4. The van der Waals surface area contributed by atoms with Crippen LogP contribution in [0.3, 0.4) is 0 Å². The molecule has 36 heavy (non-hydrogen) atoms. The van der Waals surface area contributed by atoms with Crippen LogP contribution in [0.2, 0.25) is 0 Å². The van der Waals surface area contributed by atoms with Crippen LogP contribution in [0.5, 0.6) is 0 Å². The molecule has 1 unspecified atom stereocenters. The van der Waals surface area contributed by atoms with Crippen LogP contribution in [0.1, 0.15) is 41.6 Å². The molecule has 0 bridgehead atoms. The van der Waals surface area contributed by atoms with Crippen LogP contribution in [0.15, 0.2) is 59.7 Å². The Bertz CT molecular complexity index is 1480. The van der Waals surface area contributed by atoms with Gasteiger partial charge in [-0.25, -0.2) is 9.37 Å². The molecule has 0 saturated heterocycles. The SMILES string of the molecule is O=C(Nc1ccc(Nc2ccnc3c2=C2CCCCC2C(=O)N=3)cc1)c1ccc(F)cc1C(F)(F)F. The maximum atomic E-state index is 13.3. The van der Waals surface area contributed by atoms with Crippen LogP contribution >= 0.6 is 0 Å². The standard InChI is InChI=1S/C26H20F4N4O2/c27-14-5-10-19(20(13-14)26(28,29)30)25(36)33-16-8-6-15(7-9-16)32-21-11-12-31-23-22(21)17-3-1-2-4-18(17)24(35)34-23/h5-13,18,32H,1-4H2,(H,33,36). The van der Waals surface area contributed by atoms with Crippen LogP contribution in [-0.4, -0.2) is 16.8 Å². The van der Waals surface area contributed by atoms with Gasteiger partial charge < -0.3 is 10.6 Å². The van der Waals surface area contributed by atoms with Gasteiger partial charge in [0.2, 0.25) is 0 Å². The zero-order valence-corrected chi connectivity index (χ0v) is 18.8. The van der Waals surface area contributed by atoms with E-state index in [4.69, 9.17) is 0 Å². The molecule has 6 nitrogen and oxygen atoms in total. The molecule has 10 heteroatoms. The van der Waals surface area contributed by atoms with Crippen molar-refractivity contribution in [3.63, 3.8) is 0 Å². The Hall–Kier alpha value is -4.08. The van der Waals surface area contributed by atoms with Crippen LogP contribution in [0.25, 0.3) is 5.57 Å². The fourth-order valence-corrected chi connectivity index (χ4v) is 4.66. The van der Waals surface area contributed by atoms with E-state index in [0.29, 0.717) is 17.2 Å². The number of nitrogens with zero attached hydrogens (tertiary/aromatic N) is 2. The highest BCUT2D eigenvalue weighted by molar-refractivity contribution is 6.05. The molecule has 1 aliphatic carbocycles. The minimum atomic E-state index is -4.88. The van der Waals surface area contributed by atoms with Crippen molar-refractivity contribution in [2.24, 2.45) is 10.9 Å². The van der Waals surface area contributed by atoms with Crippen molar-refractivity contribution in [2.45, 2.75) is 31.9 Å². The van der Waals surface area contributed by atoms with Gasteiger partial charge in [0.05, 0.1) is 22.7 Å². The molecule has 1 fully saturated rings. The molecule has 184 valence electrons. The number of fused-ring (bicyclic) bond motifs is 2. The topological polar surface area (TPSA) is 83.5 Å². The lowest BCUT2D eigenvalue weighted by atomic mass is 9.81. The predicted octanol–water partition coefficient (Wildman–Crippen LogP) is 4.74. The van der Waals surface area contributed by atoms with Gasteiger partial charge in [-0.1, -0.05) is 6.42 Å². The number of aromatic nitrogens is 1. The summed E-state index contributed by atoms with van der Waals surface area (Å²) in [5.41, 5.74) is 1.08. The van der Waals surface area contributed by atoms with Crippen molar-refractivity contribution in [3.8, 4) is 0 Å². The summed E-state index contributed by atoms with van der Waals surface area (Å²) in [6.07, 6.45) is 0.224. The molecule has 2 amide bonds. The number of rotatable bonds is 4. The lowest BCUT2D eigenvalue weighted by molar-refractivity contribution is -0.138. The van der Waals surface area contributed by atoms with Crippen molar-refractivity contribution < 1.29 is 27.2 Å². The third-order valence-electron chi connectivity index (χ3n) is 6.33. The number of nitrogens with one attached hydrogen (secondary N) is 2. The van der Waals surface area contributed by atoms with Gasteiger partial charge in [0, 0.05) is 22.8 Å². The fourth-order valence-electron chi connectivity index (χ4n) is 4.66. The minimum absolute atomic E-state index is 0.156. The van der Waals surface area contributed by atoms with Gasteiger partial charge >= 0.3 is 6.18 Å². The number of hydrogen-bond acceptors (Lipinski definition) is 4. The quantitative estimate of drug-likeness (QED) is 0.512. The summed E-state index contributed by atoms with van der Waals surface area (Å²) in [4.78, 5) is 33.4. The number of hydrogen-bond donors (Lipinski definition) is 2. The Morgan fingerprint density at radius 3 is 2.50 bits per heavy atom. The van der Waals surface area contributed by atoms with E-state index in [1.807, 2.05) is 0 Å². The van der Waals surface area contributed by atoms with Gasteiger partial charge in [-0.05, 0) is 73.4 Å². The van der Waals surface area contributed by atoms with Gasteiger partial charge in [-0.15, -0.1) is 0 Å². The predicted molar refractivity (Wildman–Crippen MR) is 124 cm³/mol. The van der Waals surface area contributed by atoms with E-state index in [1.54, 1.807) is 24.4 Å². The van der Waals surface area contributed by atoms with E-state index in [9.17, 15) is 27.2 Å². The third kappa shape index (κ3) is 4.58. The zero-order chi connectivity index (χ0) is 25.4. The summed E-state index contributed by atoms with van der Waals surface area (Å²) in [5, 5.41) is 6.54. The van der Waals surface area contributed by atoms with Gasteiger partial charge in [0.25, 0.3) is 11.8 Å². The molecule has 1 saturated carbocycles. The van der Waals surface area contributed by atoms with Crippen molar-refractivity contribution in [1.29, 1.82) is 0 Å². The largest absolute Gasteiger partial charge is 0.417 e. The molecule has 1 aliphatic heterocycles. The zero-order valence-electron chi connectivity index (χ0n) is 18.8. The highest BCUT2D eigenvalue weighted by Gasteiger charge is 2.36. The van der Waals surface area contributed by atoms with Gasteiger partial charge in [-0.3, -0.25) is 9.59 Å². The van der Waals surface area contributed by atoms with Gasteiger partial charge in [0.15, 0.2) is 5.49 Å². The molecule has 5 rings (SSSR count).